The van der Waals surface area contributed by atoms with Gasteiger partial charge in [-0.2, -0.15) is 5.26 Å². The van der Waals surface area contributed by atoms with Crippen molar-refractivity contribution in [3.63, 3.8) is 0 Å². The van der Waals surface area contributed by atoms with Crippen LogP contribution in [0.2, 0.25) is 0 Å². The molecular weight excluding hydrogens is 238 g/mol. The molecule has 1 N–H and O–H groups in total. The molecule has 0 aromatic heterocycles. The van der Waals surface area contributed by atoms with Gasteiger partial charge in [0.2, 0.25) is 0 Å². The summed E-state index contributed by atoms with van der Waals surface area (Å²) in [5, 5.41) is 18.6. The van der Waals surface area contributed by atoms with Gasteiger partial charge in [-0.25, -0.2) is 0 Å². The second-order valence-corrected chi connectivity index (χ2v) is 4.20. The topological polar surface area (TPSA) is 53.2 Å². The maximum absolute atomic E-state index is 9.96. The molecule has 0 aliphatic rings. The largest absolute Gasteiger partial charge is 0.493 e. The first-order chi connectivity index (χ1) is 9.29. The molecule has 3 heteroatoms. The average molecular weight is 253 g/mol. The number of ether oxygens (including phenoxy) is 1. The van der Waals surface area contributed by atoms with Gasteiger partial charge in [-0.15, -0.1) is 0 Å². The van der Waals surface area contributed by atoms with E-state index in [1.807, 2.05) is 30.3 Å². The van der Waals surface area contributed by atoms with Gasteiger partial charge < -0.3 is 9.84 Å². The fraction of sp³-hybridized carbons (Fsp3) is 0.188. The Bertz CT molecular complexity index is 543. The molecule has 0 saturated heterocycles. The Kier molecular flexibility index (Phi) is 4.54. The van der Waals surface area contributed by atoms with Crippen molar-refractivity contribution in [3.05, 3.63) is 65.7 Å². The fourth-order valence-corrected chi connectivity index (χ4v) is 1.76. The monoisotopic (exact) mass is 253 g/mol. The number of benzene rings is 2. The van der Waals surface area contributed by atoms with E-state index in [2.05, 4.69) is 6.07 Å². The Labute approximate surface area is 112 Å². The summed E-state index contributed by atoms with van der Waals surface area (Å²) in [6.45, 7) is 0.433. The van der Waals surface area contributed by atoms with Crippen molar-refractivity contribution in [2.24, 2.45) is 0 Å². The predicted molar refractivity (Wildman–Crippen MR) is 72.7 cm³/mol. The van der Waals surface area contributed by atoms with E-state index in [1.54, 1.807) is 24.3 Å². The van der Waals surface area contributed by atoms with E-state index in [0.717, 1.165) is 5.56 Å². The first-order valence-electron chi connectivity index (χ1n) is 6.15. The van der Waals surface area contributed by atoms with Crippen LogP contribution in [0.3, 0.4) is 0 Å². The number of aliphatic hydroxyl groups excluding tert-OH is 1. The van der Waals surface area contributed by atoms with Crippen LogP contribution in [0.25, 0.3) is 0 Å². The van der Waals surface area contributed by atoms with Gasteiger partial charge in [0.05, 0.1) is 24.3 Å². The number of aliphatic hydroxyl groups is 1. The summed E-state index contributed by atoms with van der Waals surface area (Å²) in [5.74, 6) is 0.708. The number of hydrogen-bond donors (Lipinski definition) is 1. The summed E-state index contributed by atoms with van der Waals surface area (Å²) in [5.41, 5.74) is 1.50. The highest BCUT2D eigenvalue weighted by atomic mass is 16.5. The molecule has 0 radical (unpaired) electrons. The highest BCUT2D eigenvalue weighted by molar-refractivity contribution is 5.34. The highest BCUT2D eigenvalue weighted by Gasteiger charge is 2.06. The number of nitrogens with zero attached hydrogens (tertiary/aromatic N) is 1. The highest BCUT2D eigenvalue weighted by Crippen LogP contribution is 2.17. The zero-order valence-corrected chi connectivity index (χ0v) is 10.5. The fourth-order valence-electron chi connectivity index (χ4n) is 1.76. The molecule has 0 heterocycles. The lowest BCUT2D eigenvalue weighted by atomic mass is 10.1. The van der Waals surface area contributed by atoms with Crippen molar-refractivity contribution in [1.29, 1.82) is 5.26 Å². The third-order valence-electron chi connectivity index (χ3n) is 2.83. The third-order valence-corrected chi connectivity index (χ3v) is 2.83. The molecule has 2 aromatic rings. The van der Waals surface area contributed by atoms with Crippen LogP contribution in [-0.2, 0) is 0 Å². The Morgan fingerprint density at radius 2 is 1.74 bits per heavy atom. The molecule has 0 amide bonds. The third kappa shape index (κ3) is 3.84. The minimum atomic E-state index is -0.514. The summed E-state index contributed by atoms with van der Waals surface area (Å²) in [4.78, 5) is 0. The van der Waals surface area contributed by atoms with Gasteiger partial charge in [-0.3, -0.25) is 0 Å². The minimum absolute atomic E-state index is 0.433. The van der Waals surface area contributed by atoms with Crippen LogP contribution in [0, 0.1) is 11.3 Å². The van der Waals surface area contributed by atoms with Gasteiger partial charge in [0.15, 0.2) is 0 Å². The van der Waals surface area contributed by atoms with Crippen LogP contribution in [0.1, 0.15) is 23.7 Å². The second kappa shape index (κ2) is 6.58. The van der Waals surface area contributed by atoms with E-state index >= 15 is 0 Å². The average Bonchev–Trinajstić information content (AvgIpc) is 2.49. The summed E-state index contributed by atoms with van der Waals surface area (Å²) in [7, 11) is 0. The lowest BCUT2D eigenvalue weighted by Gasteiger charge is -2.11. The van der Waals surface area contributed by atoms with Crippen LogP contribution in [0.5, 0.6) is 5.75 Å². The van der Waals surface area contributed by atoms with E-state index in [-0.39, 0.29) is 0 Å². The molecule has 19 heavy (non-hydrogen) atoms. The van der Waals surface area contributed by atoms with Crippen LogP contribution >= 0.6 is 0 Å². The van der Waals surface area contributed by atoms with E-state index in [1.165, 1.54) is 0 Å². The maximum atomic E-state index is 9.96. The lowest BCUT2D eigenvalue weighted by Crippen LogP contribution is -2.05. The van der Waals surface area contributed by atoms with Crippen LogP contribution in [0.4, 0.5) is 0 Å². The van der Waals surface area contributed by atoms with Gasteiger partial charge in [0.1, 0.15) is 5.75 Å². The molecule has 0 fully saturated rings. The number of rotatable bonds is 5. The normalized spacial score (nSPS) is 11.6. The van der Waals surface area contributed by atoms with Gasteiger partial charge in [-0.1, -0.05) is 30.3 Å². The maximum Gasteiger partial charge on any atom is 0.119 e. The Balaban J connectivity index is 1.81. The molecule has 0 aliphatic heterocycles. The van der Waals surface area contributed by atoms with Crippen molar-refractivity contribution in [3.8, 4) is 11.8 Å². The van der Waals surface area contributed by atoms with E-state index in [9.17, 15) is 5.11 Å². The molecule has 0 saturated carbocycles. The Hall–Kier alpha value is -2.31. The standard InChI is InChI=1S/C16H15NO2/c17-12-13-6-8-15(9-7-13)19-11-10-16(18)14-4-2-1-3-5-14/h1-9,16,18H,10-11H2. The number of hydrogen-bond acceptors (Lipinski definition) is 3. The van der Waals surface area contributed by atoms with Gasteiger partial charge in [0.25, 0.3) is 0 Å². The molecule has 2 rings (SSSR count). The molecule has 1 atom stereocenters. The Morgan fingerprint density at radius 1 is 1.05 bits per heavy atom. The molecule has 0 bridgehead atoms. The van der Waals surface area contributed by atoms with Gasteiger partial charge >= 0.3 is 0 Å². The van der Waals surface area contributed by atoms with E-state index in [0.29, 0.717) is 24.3 Å². The van der Waals surface area contributed by atoms with Crippen LogP contribution in [-0.4, -0.2) is 11.7 Å². The smallest absolute Gasteiger partial charge is 0.119 e. The Morgan fingerprint density at radius 3 is 2.37 bits per heavy atom. The second-order valence-electron chi connectivity index (χ2n) is 4.20. The summed E-state index contributed by atoms with van der Waals surface area (Å²) >= 11 is 0. The SMILES string of the molecule is N#Cc1ccc(OCCC(O)c2ccccc2)cc1. The molecular formula is C16H15NO2. The lowest BCUT2D eigenvalue weighted by molar-refractivity contribution is 0.141. The molecule has 0 aliphatic carbocycles. The zero-order valence-electron chi connectivity index (χ0n) is 10.5. The van der Waals surface area contributed by atoms with Crippen LogP contribution in [0.15, 0.2) is 54.6 Å². The minimum Gasteiger partial charge on any atom is -0.493 e. The van der Waals surface area contributed by atoms with E-state index in [4.69, 9.17) is 10.00 Å². The molecule has 2 aromatic carbocycles. The quantitative estimate of drug-likeness (QED) is 0.891. The van der Waals surface area contributed by atoms with Gasteiger partial charge in [-0.05, 0) is 29.8 Å². The van der Waals surface area contributed by atoms with Crippen LogP contribution < -0.4 is 4.74 Å². The molecule has 0 spiro atoms. The molecule has 1 unspecified atom stereocenters. The summed E-state index contributed by atoms with van der Waals surface area (Å²) in [6, 6.07) is 18.5. The van der Waals surface area contributed by atoms with Crippen molar-refractivity contribution in [1.82, 2.24) is 0 Å². The van der Waals surface area contributed by atoms with E-state index < -0.39 is 6.10 Å². The van der Waals surface area contributed by atoms with Crippen molar-refractivity contribution in [2.45, 2.75) is 12.5 Å². The molecule has 96 valence electrons. The molecule has 3 nitrogen and oxygen atoms in total. The first-order valence-corrected chi connectivity index (χ1v) is 6.15. The zero-order chi connectivity index (χ0) is 13.5. The summed E-state index contributed by atoms with van der Waals surface area (Å²) in [6.07, 6.45) is 0.0175. The summed E-state index contributed by atoms with van der Waals surface area (Å²) < 4.78 is 5.53. The van der Waals surface area contributed by atoms with Crippen molar-refractivity contribution >= 4 is 0 Å². The van der Waals surface area contributed by atoms with Crippen molar-refractivity contribution in [2.75, 3.05) is 6.61 Å². The first kappa shape index (κ1) is 13.1. The number of nitriles is 1. The van der Waals surface area contributed by atoms with Crippen molar-refractivity contribution < 1.29 is 9.84 Å². The predicted octanol–water partition coefficient (Wildman–Crippen LogP) is 3.06. The van der Waals surface area contributed by atoms with Gasteiger partial charge in [0, 0.05) is 6.42 Å².